The van der Waals surface area contributed by atoms with E-state index in [1.807, 2.05) is 18.2 Å². The van der Waals surface area contributed by atoms with E-state index in [9.17, 15) is 9.59 Å². The zero-order chi connectivity index (χ0) is 19.3. The highest BCUT2D eigenvalue weighted by Gasteiger charge is 2.34. The van der Waals surface area contributed by atoms with E-state index in [0.717, 1.165) is 25.7 Å². The molecular formula is C21H26N2O4. The number of aryl methyl sites for hydroxylation is 2. The summed E-state index contributed by atoms with van der Waals surface area (Å²) in [6.45, 7) is 3.55. The van der Waals surface area contributed by atoms with Crippen molar-refractivity contribution in [2.75, 3.05) is 13.2 Å². The first kappa shape index (κ1) is 19.1. The molecule has 1 amide bonds. The summed E-state index contributed by atoms with van der Waals surface area (Å²) < 4.78 is 10.1. The summed E-state index contributed by atoms with van der Waals surface area (Å²) >= 11 is 0. The first-order valence-corrected chi connectivity index (χ1v) is 9.44. The predicted molar refractivity (Wildman–Crippen MR) is 100 cm³/mol. The van der Waals surface area contributed by atoms with Gasteiger partial charge in [-0.15, -0.1) is 0 Å². The number of hydrogen-bond donors (Lipinski definition) is 1. The molecule has 1 N–H and O–H groups in total. The summed E-state index contributed by atoms with van der Waals surface area (Å²) in [6.07, 6.45) is 5.65. The molecule has 1 aromatic carbocycles. The van der Waals surface area contributed by atoms with Gasteiger partial charge < -0.3 is 14.6 Å². The van der Waals surface area contributed by atoms with Crippen LogP contribution in [0.3, 0.4) is 0 Å². The molecule has 6 nitrogen and oxygen atoms in total. The second kappa shape index (κ2) is 8.37. The van der Waals surface area contributed by atoms with Gasteiger partial charge in [0.05, 0.1) is 5.69 Å². The van der Waals surface area contributed by atoms with Crippen LogP contribution in [-0.2, 0) is 14.9 Å². The molecule has 0 saturated heterocycles. The highest BCUT2D eigenvalue weighted by Crippen LogP contribution is 2.38. The smallest absolute Gasteiger partial charge is 0.344 e. The minimum atomic E-state index is -0.586. The molecule has 1 heterocycles. The Morgan fingerprint density at radius 1 is 1.15 bits per heavy atom. The molecule has 1 saturated carbocycles. The van der Waals surface area contributed by atoms with Gasteiger partial charge in [0.25, 0.3) is 5.91 Å². The van der Waals surface area contributed by atoms with Gasteiger partial charge in [0, 0.05) is 12.0 Å². The molecule has 6 heteroatoms. The van der Waals surface area contributed by atoms with Gasteiger partial charge in [-0.2, -0.15) is 0 Å². The van der Waals surface area contributed by atoms with Crippen molar-refractivity contribution in [3.05, 3.63) is 52.9 Å². The molecular weight excluding hydrogens is 344 g/mol. The number of rotatable bonds is 6. The fourth-order valence-electron chi connectivity index (χ4n) is 3.88. The Kier molecular flexibility index (Phi) is 5.94. The summed E-state index contributed by atoms with van der Waals surface area (Å²) in [7, 11) is 0. The monoisotopic (exact) mass is 370 g/mol. The normalized spacial score (nSPS) is 15.9. The van der Waals surface area contributed by atoms with E-state index in [1.165, 1.54) is 12.0 Å². The number of carbonyl (C=O) groups is 2. The molecule has 0 aliphatic heterocycles. The summed E-state index contributed by atoms with van der Waals surface area (Å²) in [5.74, 6) is -0.490. The topological polar surface area (TPSA) is 81.4 Å². The van der Waals surface area contributed by atoms with Crippen LogP contribution in [0.4, 0.5) is 0 Å². The molecule has 0 atom stereocenters. The van der Waals surface area contributed by atoms with Crippen molar-refractivity contribution in [1.82, 2.24) is 10.5 Å². The van der Waals surface area contributed by atoms with Gasteiger partial charge >= 0.3 is 5.97 Å². The average Bonchev–Trinajstić information content (AvgIpc) is 3.04. The Labute approximate surface area is 159 Å². The minimum absolute atomic E-state index is 0.0408. The number of nitrogens with zero attached hydrogens (tertiary/aromatic N) is 1. The second-order valence-corrected chi connectivity index (χ2v) is 7.26. The fraction of sp³-hybridized carbons (Fsp3) is 0.476. The first-order chi connectivity index (χ1) is 13.0. The third-order valence-electron chi connectivity index (χ3n) is 5.39. The molecule has 27 heavy (non-hydrogen) atoms. The molecule has 1 aromatic heterocycles. The van der Waals surface area contributed by atoms with Crippen LogP contribution in [-0.4, -0.2) is 30.2 Å². The van der Waals surface area contributed by atoms with Crippen molar-refractivity contribution < 1.29 is 18.8 Å². The predicted octanol–water partition coefficient (Wildman–Crippen LogP) is 3.47. The Bertz CT molecular complexity index is 772. The van der Waals surface area contributed by atoms with Gasteiger partial charge in [0.1, 0.15) is 11.3 Å². The lowest BCUT2D eigenvalue weighted by Crippen LogP contribution is -2.43. The first-order valence-electron chi connectivity index (χ1n) is 9.44. The molecule has 1 aliphatic rings. The largest absolute Gasteiger partial charge is 0.452 e. The minimum Gasteiger partial charge on any atom is -0.452 e. The van der Waals surface area contributed by atoms with Gasteiger partial charge in [-0.1, -0.05) is 54.8 Å². The SMILES string of the molecule is Cc1noc(C)c1C(=O)OCC(=O)NCC1(c2ccccc2)CCCCC1. The van der Waals surface area contributed by atoms with Crippen LogP contribution < -0.4 is 5.32 Å². The zero-order valence-corrected chi connectivity index (χ0v) is 15.9. The molecule has 0 spiro atoms. The van der Waals surface area contributed by atoms with E-state index < -0.39 is 5.97 Å². The maximum absolute atomic E-state index is 12.3. The van der Waals surface area contributed by atoms with Gasteiger partial charge in [0.15, 0.2) is 6.61 Å². The van der Waals surface area contributed by atoms with E-state index >= 15 is 0 Å². The van der Waals surface area contributed by atoms with E-state index in [0.29, 0.717) is 18.0 Å². The molecule has 3 rings (SSSR count). The highest BCUT2D eigenvalue weighted by atomic mass is 16.5. The van der Waals surface area contributed by atoms with E-state index in [4.69, 9.17) is 9.26 Å². The van der Waals surface area contributed by atoms with Gasteiger partial charge in [-0.05, 0) is 32.3 Å². The van der Waals surface area contributed by atoms with Crippen molar-refractivity contribution in [2.24, 2.45) is 0 Å². The van der Waals surface area contributed by atoms with Crippen LogP contribution in [0.25, 0.3) is 0 Å². The number of esters is 1. The van der Waals surface area contributed by atoms with Crippen LogP contribution >= 0.6 is 0 Å². The van der Waals surface area contributed by atoms with Crippen LogP contribution in [0.5, 0.6) is 0 Å². The molecule has 144 valence electrons. The highest BCUT2D eigenvalue weighted by molar-refractivity contribution is 5.93. The standard InChI is InChI=1S/C21H26N2O4/c1-15-19(16(2)27-23-15)20(25)26-13-18(24)22-14-21(11-7-4-8-12-21)17-9-5-3-6-10-17/h3,5-6,9-10H,4,7-8,11-14H2,1-2H3,(H,22,24). The summed E-state index contributed by atoms with van der Waals surface area (Å²) in [6, 6.07) is 10.4. The Morgan fingerprint density at radius 3 is 2.48 bits per heavy atom. The quantitative estimate of drug-likeness (QED) is 0.788. The van der Waals surface area contributed by atoms with Gasteiger partial charge in [-0.3, -0.25) is 4.79 Å². The lowest BCUT2D eigenvalue weighted by Gasteiger charge is -2.38. The zero-order valence-electron chi connectivity index (χ0n) is 15.9. The lowest BCUT2D eigenvalue weighted by molar-refractivity contribution is -0.124. The molecule has 1 fully saturated rings. The molecule has 2 aromatic rings. The van der Waals surface area contributed by atoms with E-state index in [-0.39, 0.29) is 23.5 Å². The Morgan fingerprint density at radius 2 is 1.85 bits per heavy atom. The molecule has 0 unspecified atom stereocenters. The average molecular weight is 370 g/mol. The van der Waals surface area contributed by atoms with Crippen LogP contribution in [0, 0.1) is 13.8 Å². The molecule has 0 radical (unpaired) electrons. The van der Waals surface area contributed by atoms with Crippen molar-refractivity contribution in [3.63, 3.8) is 0 Å². The fourth-order valence-corrected chi connectivity index (χ4v) is 3.88. The van der Waals surface area contributed by atoms with Crippen molar-refractivity contribution in [1.29, 1.82) is 0 Å². The molecule has 1 aliphatic carbocycles. The number of benzene rings is 1. The van der Waals surface area contributed by atoms with Crippen molar-refractivity contribution in [2.45, 2.75) is 51.4 Å². The summed E-state index contributed by atoms with van der Waals surface area (Å²) in [4.78, 5) is 24.4. The number of aromatic nitrogens is 1. The van der Waals surface area contributed by atoms with E-state index in [1.54, 1.807) is 13.8 Å². The Balaban J connectivity index is 1.58. The van der Waals surface area contributed by atoms with Gasteiger partial charge in [-0.25, -0.2) is 4.79 Å². The number of nitrogens with one attached hydrogen (secondary N) is 1. The number of ether oxygens (including phenoxy) is 1. The van der Waals surface area contributed by atoms with Crippen LogP contribution in [0.15, 0.2) is 34.9 Å². The van der Waals surface area contributed by atoms with Gasteiger partial charge in [0.2, 0.25) is 0 Å². The lowest BCUT2D eigenvalue weighted by atomic mass is 9.69. The summed E-state index contributed by atoms with van der Waals surface area (Å²) in [5.41, 5.74) is 1.97. The Hall–Kier alpha value is -2.63. The molecule has 0 bridgehead atoms. The second-order valence-electron chi connectivity index (χ2n) is 7.26. The number of carbonyl (C=O) groups excluding carboxylic acids is 2. The summed E-state index contributed by atoms with van der Waals surface area (Å²) in [5, 5.41) is 6.69. The maximum Gasteiger partial charge on any atom is 0.344 e. The third kappa shape index (κ3) is 4.38. The van der Waals surface area contributed by atoms with Crippen LogP contribution in [0.1, 0.15) is 59.5 Å². The van der Waals surface area contributed by atoms with Crippen molar-refractivity contribution in [3.8, 4) is 0 Å². The number of amides is 1. The van der Waals surface area contributed by atoms with Crippen LogP contribution in [0.2, 0.25) is 0 Å². The van der Waals surface area contributed by atoms with E-state index in [2.05, 4.69) is 22.6 Å². The maximum atomic E-state index is 12.3. The third-order valence-corrected chi connectivity index (χ3v) is 5.39. The number of hydrogen-bond acceptors (Lipinski definition) is 5. The van der Waals surface area contributed by atoms with Crippen molar-refractivity contribution >= 4 is 11.9 Å².